The molecule has 1 heterocycles. The number of nitriles is 1. The third-order valence-electron chi connectivity index (χ3n) is 2.43. The van der Waals surface area contributed by atoms with Gasteiger partial charge in [0.25, 0.3) is 0 Å². The van der Waals surface area contributed by atoms with E-state index < -0.39 is 5.97 Å². The zero-order valence-electron chi connectivity index (χ0n) is 9.67. The van der Waals surface area contributed by atoms with Crippen LogP contribution in [0.4, 0.5) is 0 Å². The molecule has 0 aliphatic heterocycles. The SMILES string of the molecule is CC(=O)OCc1ccc2ccc(O)c(C#N)c2n1. The predicted octanol–water partition coefficient (Wildman–Crippen LogP) is 1.88. The standard InChI is InChI=1S/C13H10N2O3/c1-8(16)18-7-10-4-2-9-3-5-12(17)11(6-14)13(9)15-10/h2-5,17H,7H2,1H3. The Labute approximate surface area is 103 Å². The van der Waals surface area contributed by atoms with Crippen LogP contribution in [0.1, 0.15) is 18.2 Å². The van der Waals surface area contributed by atoms with Gasteiger partial charge in [0.1, 0.15) is 24.0 Å². The van der Waals surface area contributed by atoms with Crippen LogP contribution < -0.4 is 0 Å². The number of carbonyl (C=O) groups excluding carboxylic acids is 1. The van der Waals surface area contributed by atoms with E-state index in [9.17, 15) is 9.90 Å². The Balaban J connectivity index is 2.49. The summed E-state index contributed by atoms with van der Waals surface area (Å²) < 4.78 is 4.83. The molecule has 2 rings (SSSR count). The van der Waals surface area contributed by atoms with E-state index in [-0.39, 0.29) is 17.9 Å². The predicted molar refractivity (Wildman–Crippen MR) is 63.6 cm³/mol. The molecule has 18 heavy (non-hydrogen) atoms. The van der Waals surface area contributed by atoms with E-state index in [4.69, 9.17) is 10.00 Å². The van der Waals surface area contributed by atoms with E-state index in [0.717, 1.165) is 5.39 Å². The molecule has 0 atom stereocenters. The zero-order chi connectivity index (χ0) is 13.1. The largest absolute Gasteiger partial charge is 0.506 e. The van der Waals surface area contributed by atoms with Gasteiger partial charge in [-0.3, -0.25) is 4.79 Å². The summed E-state index contributed by atoms with van der Waals surface area (Å²) in [5, 5.41) is 19.3. The Morgan fingerprint density at radius 3 is 2.83 bits per heavy atom. The van der Waals surface area contributed by atoms with Crippen LogP contribution in [-0.2, 0) is 16.1 Å². The third-order valence-corrected chi connectivity index (χ3v) is 2.43. The molecule has 0 radical (unpaired) electrons. The van der Waals surface area contributed by atoms with Gasteiger partial charge < -0.3 is 9.84 Å². The molecule has 1 aromatic heterocycles. The number of benzene rings is 1. The molecular formula is C13H10N2O3. The maximum atomic E-state index is 10.7. The number of ether oxygens (including phenoxy) is 1. The number of nitrogens with zero attached hydrogens (tertiary/aromatic N) is 2. The number of phenols is 1. The highest BCUT2D eigenvalue weighted by atomic mass is 16.5. The van der Waals surface area contributed by atoms with Crippen LogP contribution in [0.3, 0.4) is 0 Å². The average molecular weight is 242 g/mol. The molecule has 0 fully saturated rings. The Morgan fingerprint density at radius 2 is 2.17 bits per heavy atom. The summed E-state index contributed by atoms with van der Waals surface area (Å²) in [6.45, 7) is 1.36. The minimum absolute atomic E-state index is 0.0474. The van der Waals surface area contributed by atoms with Crippen molar-refractivity contribution in [2.24, 2.45) is 0 Å². The number of rotatable bonds is 2. The molecule has 0 aliphatic rings. The summed E-state index contributed by atoms with van der Waals surface area (Å²) >= 11 is 0. The maximum absolute atomic E-state index is 10.7. The first-order chi connectivity index (χ1) is 8.61. The van der Waals surface area contributed by atoms with Crippen LogP contribution in [0, 0.1) is 11.3 Å². The lowest BCUT2D eigenvalue weighted by atomic mass is 10.1. The summed E-state index contributed by atoms with van der Waals surface area (Å²) in [6.07, 6.45) is 0. The van der Waals surface area contributed by atoms with E-state index in [2.05, 4.69) is 4.98 Å². The molecule has 1 N–H and O–H groups in total. The van der Waals surface area contributed by atoms with Crippen LogP contribution in [0.25, 0.3) is 10.9 Å². The van der Waals surface area contributed by atoms with Gasteiger partial charge in [-0.2, -0.15) is 5.26 Å². The summed E-state index contributed by atoms with van der Waals surface area (Å²) in [5.74, 6) is -0.504. The van der Waals surface area contributed by atoms with Crippen molar-refractivity contribution in [2.75, 3.05) is 0 Å². The fraction of sp³-hybridized carbons (Fsp3) is 0.154. The normalized spacial score (nSPS) is 10.0. The van der Waals surface area contributed by atoms with Crippen LogP contribution in [0.5, 0.6) is 5.75 Å². The second-order valence-electron chi connectivity index (χ2n) is 3.73. The van der Waals surface area contributed by atoms with Crippen LogP contribution in [0.2, 0.25) is 0 Å². The van der Waals surface area contributed by atoms with Crippen molar-refractivity contribution >= 4 is 16.9 Å². The van der Waals surface area contributed by atoms with Crippen molar-refractivity contribution in [2.45, 2.75) is 13.5 Å². The van der Waals surface area contributed by atoms with Crippen LogP contribution in [-0.4, -0.2) is 16.1 Å². The molecule has 0 spiro atoms. The number of pyridine rings is 1. The van der Waals surface area contributed by atoms with E-state index in [1.807, 2.05) is 6.07 Å². The first-order valence-electron chi connectivity index (χ1n) is 5.27. The van der Waals surface area contributed by atoms with E-state index in [1.165, 1.54) is 13.0 Å². The summed E-state index contributed by atoms with van der Waals surface area (Å²) in [4.78, 5) is 14.9. The number of aromatic nitrogens is 1. The Morgan fingerprint density at radius 1 is 1.44 bits per heavy atom. The first kappa shape index (κ1) is 11.9. The average Bonchev–Trinajstić information content (AvgIpc) is 2.36. The Kier molecular flexibility index (Phi) is 3.11. The number of phenolic OH excluding ortho intramolecular Hbond substituents is 1. The van der Waals surface area contributed by atoms with Gasteiger partial charge in [-0.25, -0.2) is 4.98 Å². The third kappa shape index (κ3) is 2.23. The quantitative estimate of drug-likeness (QED) is 0.813. The van der Waals surface area contributed by atoms with Gasteiger partial charge in [-0.05, 0) is 18.2 Å². The van der Waals surface area contributed by atoms with Crippen molar-refractivity contribution in [3.63, 3.8) is 0 Å². The molecule has 0 bridgehead atoms. The van der Waals surface area contributed by atoms with Crippen molar-refractivity contribution in [3.8, 4) is 11.8 Å². The summed E-state index contributed by atoms with van der Waals surface area (Å²) in [6, 6.07) is 8.51. The second-order valence-corrected chi connectivity index (χ2v) is 3.73. The van der Waals surface area contributed by atoms with E-state index in [0.29, 0.717) is 11.2 Å². The van der Waals surface area contributed by atoms with Crippen LogP contribution >= 0.6 is 0 Å². The molecule has 0 saturated carbocycles. The van der Waals surface area contributed by atoms with Gasteiger partial charge in [0.15, 0.2) is 0 Å². The van der Waals surface area contributed by atoms with Crippen molar-refractivity contribution in [3.05, 3.63) is 35.5 Å². The fourth-order valence-corrected chi connectivity index (χ4v) is 1.58. The van der Waals surface area contributed by atoms with Gasteiger partial charge in [0.2, 0.25) is 0 Å². The number of aromatic hydroxyl groups is 1. The Bertz CT molecular complexity index is 659. The summed E-state index contributed by atoms with van der Waals surface area (Å²) in [5.41, 5.74) is 1.05. The Hall–Kier alpha value is -2.61. The van der Waals surface area contributed by atoms with Crippen molar-refractivity contribution < 1.29 is 14.6 Å². The molecule has 2 aromatic rings. The van der Waals surface area contributed by atoms with Gasteiger partial charge in [-0.1, -0.05) is 6.07 Å². The van der Waals surface area contributed by atoms with Gasteiger partial charge in [-0.15, -0.1) is 0 Å². The minimum atomic E-state index is -0.395. The highest BCUT2D eigenvalue weighted by molar-refractivity contribution is 5.86. The lowest BCUT2D eigenvalue weighted by Gasteiger charge is -2.05. The van der Waals surface area contributed by atoms with Gasteiger partial charge in [0, 0.05) is 12.3 Å². The maximum Gasteiger partial charge on any atom is 0.303 e. The molecule has 1 aromatic carbocycles. The molecule has 5 nitrogen and oxygen atoms in total. The van der Waals surface area contributed by atoms with Crippen LogP contribution in [0.15, 0.2) is 24.3 Å². The molecule has 0 aliphatic carbocycles. The molecule has 0 amide bonds. The number of hydrogen-bond acceptors (Lipinski definition) is 5. The van der Waals surface area contributed by atoms with Gasteiger partial charge >= 0.3 is 5.97 Å². The zero-order valence-corrected chi connectivity index (χ0v) is 9.67. The fourth-order valence-electron chi connectivity index (χ4n) is 1.58. The monoisotopic (exact) mass is 242 g/mol. The number of carbonyl (C=O) groups is 1. The molecule has 90 valence electrons. The molecule has 0 unspecified atom stereocenters. The molecule has 5 heteroatoms. The van der Waals surface area contributed by atoms with E-state index >= 15 is 0 Å². The van der Waals surface area contributed by atoms with Crippen molar-refractivity contribution in [1.29, 1.82) is 5.26 Å². The molecule has 0 saturated heterocycles. The number of fused-ring (bicyclic) bond motifs is 1. The highest BCUT2D eigenvalue weighted by Gasteiger charge is 2.09. The summed E-state index contributed by atoms with van der Waals surface area (Å²) in [7, 11) is 0. The minimum Gasteiger partial charge on any atom is -0.506 e. The number of esters is 1. The molecular weight excluding hydrogens is 232 g/mol. The number of hydrogen-bond donors (Lipinski definition) is 1. The lowest BCUT2D eigenvalue weighted by Crippen LogP contribution is -2.01. The second kappa shape index (κ2) is 4.72. The smallest absolute Gasteiger partial charge is 0.303 e. The highest BCUT2D eigenvalue weighted by Crippen LogP contribution is 2.25. The van der Waals surface area contributed by atoms with E-state index in [1.54, 1.807) is 18.2 Å². The topological polar surface area (TPSA) is 83.2 Å². The lowest BCUT2D eigenvalue weighted by molar-refractivity contribution is -0.142. The first-order valence-corrected chi connectivity index (χ1v) is 5.27. The van der Waals surface area contributed by atoms with Gasteiger partial charge in [0.05, 0.1) is 11.2 Å². The van der Waals surface area contributed by atoms with Crippen molar-refractivity contribution in [1.82, 2.24) is 4.98 Å².